The number of aryl methyl sites for hydroxylation is 1. The Morgan fingerprint density at radius 2 is 2.00 bits per heavy atom. The van der Waals surface area contributed by atoms with Crippen molar-refractivity contribution in [1.82, 2.24) is 0 Å². The van der Waals surface area contributed by atoms with Gasteiger partial charge in [0.25, 0.3) is 0 Å². The minimum atomic E-state index is 0.160. The fourth-order valence-corrected chi connectivity index (χ4v) is 3.45. The van der Waals surface area contributed by atoms with E-state index in [-0.39, 0.29) is 5.78 Å². The number of benzene rings is 1. The van der Waals surface area contributed by atoms with Crippen molar-refractivity contribution >= 4 is 28.6 Å². The number of carbonyl (C=O) groups is 1. The van der Waals surface area contributed by atoms with E-state index in [1.165, 1.54) is 23.3 Å². The largest absolute Gasteiger partial charge is 0.322 e. The predicted molar refractivity (Wildman–Crippen MR) is 97.9 cm³/mol. The summed E-state index contributed by atoms with van der Waals surface area (Å²) >= 11 is 1.51. The molecule has 0 unspecified atom stereocenters. The van der Waals surface area contributed by atoms with Crippen LogP contribution in [0.4, 0.5) is 5.69 Å². The molecule has 3 nitrogen and oxygen atoms in total. The number of anilines is 1. The number of thiophene rings is 1. The third-order valence-electron chi connectivity index (χ3n) is 4.11. The summed E-state index contributed by atoms with van der Waals surface area (Å²) in [5, 5.41) is 1.95. The normalized spacial score (nSPS) is 14.9. The number of carbonyl (C=O) groups excluding carboxylic acids is 1. The monoisotopic (exact) mass is 326 g/mol. The van der Waals surface area contributed by atoms with Crippen LogP contribution in [0.25, 0.3) is 0 Å². The van der Waals surface area contributed by atoms with Gasteiger partial charge >= 0.3 is 0 Å². The van der Waals surface area contributed by atoms with Gasteiger partial charge in [0.05, 0.1) is 11.4 Å². The van der Waals surface area contributed by atoms with Crippen molar-refractivity contribution in [2.24, 2.45) is 4.99 Å². The first-order chi connectivity index (χ1) is 11.2. The van der Waals surface area contributed by atoms with Gasteiger partial charge in [0.15, 0.2) is 5.78 Å². The van der Waals surface area contributed by atoms with Gasteiger partial charge in [-0.05, 0) is 43.3 Å². The van der Waals surface area contributed by atoms with Crippen LogP contribution in [-0.2, 0) is 0 Å². The molecule has 2 heterocycles. The third-order valence-corrected chi connectivity index (χ3v) is 5.02. The molecule has 0 amide bonds. The smallest absolute Gasteiger partial charge is 0.192 e. The van der Waals surface area contributed by atoms with Gasteiger partial charge in [0, 0.05) is 18.7 Å². The van der Waals surface area contributed by atoms with E-state index in [2.05, 4.69) is 36.1 Å². The molecule has 4 heteroatoms. The lowest BCUT2D eigenvalue weighted by Gasteiger charge is -2.25. The summed E-state index contributed by atoms with van der Waals surface area (Å²) < 4.78 is 0. The molecular weight excluding hydrogens is 304 g/mol. The SMILES string of the molecule is Cc1ccc(N(CC(=O)c2cccs2)C2=NCCCCC2)cc1. The van der Waals surface area contributed by atoms with Crippen LogP contribution in [-0.4, -0.2) is 24.7 Å². The molecule has 1 aliphatic heterocycles. The van der Waals surface area contributed by atoms with Crippen LogP contribution in [0.5, 0.6) is 0 Å². The number of rotatable bonds is 4. The first-order valence-corrected chi connectivity index (χ1v) is 9.06. The van der Waals surface area contributed by atoms with Gasteiger partial charge in [-0.3, -0.25) is 9.79 Å². The lowest BCUT2D eigenvalue weighted by atomic mass is 10.1. The van der Waals surface area contributed by atoms with Crippen LogP contribution >= 0.6 is 11.3 Å². The van der Waals surface area contributed by atoms with Crippen LogP contribution < -0.4 is 4.90 Å². The summed E-state index contributed by atoms with van der Waals surface area (Å²) in [5.41, 5.74) is 2.28. The summed E-state index contributed by atoms with van der Waals surface area (Å²) in [4.78, 5) is 20.3. The van der Waals surface area contributed by atoms with Crippen molar-refractivity contribution < 1.29 is 4.79 Å². The van der Waals surface area contributed by atoms with Crippen molar-refractivity contribution in [1.29, 1.82) is 0 Å². The van der Waals surface area contributed by atoms with Crippen LogP contribution in [0.3, 0.4) is 0 Å². The van der Waals surface area contributed by atoms with Gasteiger partial charge < -0.3 is 4.90 Å². The molecule has 0 saturated carbocycles. The molecule has 2 aromatic rings. The molecule has 3 rings (SSSR count). The summed E-state index contributed by atoms with van der Waals surface area (Å²) in [5.74, 6) is 1.21. The quantitative estimate of drug-likeness (QED) is 0.762. The van der Waals surface area contributed by atoms with E-state index >= 15 is 0 Å². The maximum Gasteiger partial charge on any atom is 0.192 e. The summed E-state index contributed by atoms with van der Waals surface area (Å²) in [6.07, 6.45) is 4.46. The number of Topliss-reactive ketones (excluding diaryl/α,β-unsaturated/α-hetero) is 1. The standard InChI is InChI=1S/C19H22N2OS/c1-15-8-10-16(11-9-15)21(19-7-3-2-4-12-20-19)14-17(22)18-6-5-13-23-18/h5-6,8-11,13H,2-4,7,12,14H2,1H3. The number of aliphatic imine (C=N–C) groups is 1. The Labute approximate surface area is 141 Å². The van der Waals surface area contributed by atoms with Crippen molar-refractivity contribution in [2.45, 2.75) is 32.6 Å². The van der Waals surface area contributed by atoms with Gasteiger partial charge in [-0.2, -0.15) is 0 Å². The molecule has 1 aliphatic rings. The highest BCUT2D eigenvalue weighted by molar-refractivity contribution is 7.12. The van der Waals surface area contributed by atoms with E-state index < -0.39 is 0 Å². The van der Waals surface area contributed by atoms with Crippen LogP contribution in [0.15, 0.2) is 46.8 Å². The number of amidine groups is 1. The van der Waals surface area contributed by atoms with Gasteiger partial charge in [-0.25, -0.2) is 0 Å². The van der Waals surface area contributed by atoms with E-state index in [0.29, 0.717) is 6.54 Å². The van der Waals surface area contributed by atoms with E-state index in [4.69, 9.17) is 4.99 Å². The Morgan fingerprint density at radius 3 is 2.74 bits per heavy atom. The van der Waals surface area contributed by atoms with Gasteiger partial charge in [-0.1, -0.05) is 30.2 Å². The molecule has 0 bridgehead atoms. The highest BCUT2D eigenvalue weighted by atomic mass is 32.1. The van der Waals surface area contributed by atoms with Gasteiger partial charge in [0.1, 0.15) is 5.84 Å². The number of hydrogen-bond donors (Lipinski definition) is 0. The zero-order valence-electron chi connectivity index (χ0n) is 13.5. The summed E-state index contributed by atoms with van der Waals surface area (Å²) in [6, 6.07) is 12.2. The molecular formula is C19H22N2OS. The Balaban J connectivity index is 1.87. The van der Waals surface area contributed by atoms with E-state index in [1.807, 2.05) is 17.5 Å². The van der Waals surface area contributed by atoms with E-state index in [0.717, 1.165) is 42.2 Å². The molecule has 0 spiro atoms. The maximum atomic E-state index is 12.6. The van der Waals surface area contributed by atoms with Crippen molar-refractivity contribution in [3.05, 3.63) is 52.2 Å². The Hall–Kier alpha value is -1.94. The second-order valence-electron chi connectivity index (χ2n) is 5.93. The van der Waals surface area contributed by atoms with Gasteiger partial charge in [-0.15, -0.1) is 11.3 Å². The Bertz CT molecular complexity index is 674. The molecule has 0 fully saturated rings. The maximum absolute atomic E-state index is 12.6. The fourth-order valence-electron chi connectivity index (χ4n) is 2.79. The molecule has 0 radical (unpaired) electrons. The van der Waals surface area contributed by atoms with E-state index in [9.17, 15) is 4.79 Å². The first kappa shape index (κ1) is 15.9. The number of nitrogens with zero attached hydrogens (tertiary/aromatic N) is 2. The Kier molecular flexibility index (Phi) is 5.23. The van der Waals surface area contributed by atoms with Crippen molar-refractivity contribution in [3.63, 3.8) is 0 Å². The zero-order valence-corrected chi connectivity index (χ0v) is 14.3. The molecule has 1 aromatic carbocycles. The van der Waals surface area contributed by atoms with Crippen molar-refractivity contribution in [2.75, 3.05) is 18.0 Å². The van der Waals surface area contributed by atoms with Crippen molar-refractivity contribution in [3.8, 4) is 0 Å². The lowest BCUT2D eigenvalue weighted by Crippen LogP contribution is -2.35. The summed E-state index contributed by atoms with van der Waals surface area (Å²) in [7, 11) is 0. The molecule has 0 atom stereocenters. The Morgan fingerprint density at radius 1 is 1.17 bits per heavy atom. The number of hydrogen-bond acceptors (Lipinski definition) is 4. The predicted octanol–water partition coefficient (Wildman–Crippen LogP) is 4.72. The lowest BCUT2D eigenvalue weighted by molar-refractivity contribution is 0.101. The van der Waals surface area contributed by atoms with Gasteiger partial charge in [0.2, 0.25) is 0 Å². The molecule has 23 heavy (non-hydrogen) atoms. The molecule has 1 aromatic heterocycles. The van der Waals surface area contributed by atoms with Crippen LogP contribution in [0.1, 0.15) is 40.9 Å². The minimum Gasteiger partial charge on any atom is -0.322 e. The third kappa shape index (κ3) is 4.08. The average molecular weight is 326 g/mol. The van der Waals surface area contributed by atoms with E-state index in [1.54, 1.807) is 0 Å². The minimum absolute atomic E-state index is 0.160. The number of ketones is 1. The summed E-state index contributed by atoms with van der Waals surface area (Å²) in [6.45, 7) is 3.31. The zero-order chi connectivity index (χ0) is 16.1. The second-order valence-corrected chi connectivity index (χ2v) is 6.88. The molecule has 120 valence electrons. The molecule has 0 N–H and O–H groups in total. The topological polar surface area (TPSA) is 32.7 Å². The van der Waals surface area contributed by atoms with Crippen LogP contribution in [0, 0.1) is 6.92 Å². The molecule has 0 aliphatic carbocycles. The second kappa shape index (κ2) is 7.55. The first-order valence-electron chi connectivity index (χ1n) is 8.18. The van der Waals surface area contributed by atoms with Crippen LogP contribution in [0.2, 0.25) is 0 Å². The highest BCUT2D eigenvalue weighted by Gasteiger charge is 2.19. The average Bonchev–Trinajstić information content (AvgIpc) is 2.97. The highest BCUT2D eigenvalue weighted by Crippen LogP contribution is 2.21. The fraction of sp³-hybridized carbons (Fsp3) is 0.368. The molecule has 0 saturated heterocycles.